The van der Waals surface area contributed by atoms with E-state index in [2.05, 4.69) is 44.7 Å². The van der Waals surface area contributed by atoms with Crippen molar-refractivity contribution >= 4 is 58.2 Å². The number of benzene rings is 1. The largest absolute Gasteiger partial charge is 0.480 e. The first-order valence-electron chi connectivity index (χ1n) is 21.4. The summed E-state index contributed by atoms with van der Waals surface area (Å²) in [5.74, 6) is -0.163. The number of nitrogens with two attached hydrogens (primary N) is 2. The Kier molecular flexibility index (Phi) is 23.5. The molecule has 0 aliphatic heterocycles. The minimum Gasteiger partial charge on any atom is -0.480 e. The maximum atomic E-state index is 12.9. The van der Waals surface area contributed by atoms with Crippen molar-refractivity contribution in [2.24, 2.45) is 5.73 Å². The number of nitrogens with one attached hydrogen (secondary N) is 3. The average Bonchev–Trinajstić information content (AvgIpc) is 3.53. The van der Waals surface area contributed by atoms with Gasteiger partial charge in [-0.1, -0.05) is 122 Å². The second-order valence-corrected chi connectivity index (χ2v) is 16.1. The summed E-state index contributed by atoms with van der Waals surface area (Å²) in [5, 5.41) is 28.7. The molecule has 0 aliphatic rings. The Hall–Kier alpha value is -4.15. The second kappa shape index (κ2) is 28.3. The summed E-state index contributed by atoms with van der Waals surface area (Å²) in [6.45, 7) is 4.84. The first-order valence-corrected chi connectivity index (χ1v) is 22.6. The summed E-state index contributed by atoms with van der Waals surface area (Å²) in [6, 6.07) is 4.42. The van der Waals surface area contributed by atoms with Crippen LogP contribution in [0.3, 0.4) is 0 Å². The number of rotatable bonds is 32. The van der Waals surface area contributed by atoms with Gasteiger partial charge < -0.3 is 42.4 Å². The van der Waals surface area contributed by atoms with Gasteiger partial charge in [0.2, 0.25) is 17.8 Å². The molecule has 0 saturated carbocycles. The highest BCUT2D eigenvalue weighted by molar-refractivity contribution is 7.99. The van der Waals surface area contributed by atoms with Gasteiger partial charge in [-0.15, -0.1) is 0 Å². The number of aliphatic hydroxyl groups excluding tert-OH is 1. The molecule has 58 heavy (non-hydrogen) atoms. The Balaban J connectivity index is 1.27. The summed E-state index contributed by atoms with van der Waals surface area (Å²) in [7, 11) is 0. The Morgan fingerprint density at radius 1 is 0.828 bits per heavy atom. The number of imidazole rings is 1. The van der Waals surface area contributed by atoms with Gasteiger partial charge >= 0.3 is 5.97 Å². The van der Waals surface area contributed by atoms with Crippen LogP contribution >= 0.6 is 11.8 Å². The lowest BCUT2D eigenvalue weighted by Crippen LogP contribution is -2.52. The minimum atomic E-state index is -1.22. The van der Waals surface area contributed by atoms with E-state index in [9.17, 15) is 24.6 Å². The number of aromatic nitrogens is 4. The smallest absolute Gasteiger partial charge is 0.305 e. The number of ether oxygens (including phenoxy) is 1. The van der Waals surface area contributed by atoms with Crippen LogP contribution in [0.25, 0.3) is 11.2 Å². The molecule has 9 N–H and O–H groups in total. The van der Waals surface area contributed by atoms with Crippen LogP contribution in [-0.2, 0) is 25.7 Å². The first-order chi connectivity index (χ1) is 28.2. The molecule has 0 unspecified atom stereocenters. The van der Waals surface area contributed by atoms with E-state index in [0.29, 0.717) is 41.5 Å². The van der Waals surface area contributed by atoms with Crippen molar-refractivity contribution in [1.29, 1.82) is 0 Å². The topological polar surface area (TPSA) is 233 Å². The third-order valence-electron chi connectivity index (χ3n) is 9.90. The summed E-state index contributed by atoms with van der Waals surface area (Å²) >= 11 is 1.37. The lowest BCUT2D eigenvalue weighted by molar-refractivity contribution is -0.143. The van der Waals surface area contributed by atoms with Crippen LogP contribution in [0.15, 0.2) is 24.3 Å². The highest BCUT2D eigenvalue weighted by Gasteiger charge is 2.24. The van der Waals surface area contributed by atoms with Gasteiger partial charge in [-0.05, 0) is 30.5 Å². The summed E-state index contributed by atoms with van der Waals surface area (Å²) in [5.41, 5.74) is 14.0. The monoisotopic (exact) mass is 828 g/mol. The average molecular weight is 828 g/mol. The number of hydrogen-bond acceptors (Lipinski definition) is 13. The highest BCUT2D eigenvalue weighted by atomic mass is 32.2. The van der Waals surface area contributed by atoms with Crippen molar-refractivity contribution in [3.8, 4) is 6.01 Å². The number of aliphatic hydroxyl groups is 1. The van der Waals surface area contributed by atoms with Gasteiger partial charge in [0.05, 0.1) is 19.2 Å². The van der Waals surface area contributed by atoms with Crippen LogP contribution in [0, 0.1) is 0 Å². The molecule has 3 aromatic rings. The molecule has 1 aromatic carbocycles. The summed E-state index contributed by atoms with van der Waals surface area (Å²) < 4.78 is 6.85. The van der Waals surface area contributed by atoms with Crippen LogP contribution in [0.1, 0.15) is 135 Å². The van der Waals surface area contributed by atoms with E-state index >= 15 is 0 Å². The molecule has 0 spiro atoms. The number of nitrogens with zero attached hydrogens (tertiary/aromatic N) is 4. The number of nitrogen functional groups attached to an aromatic ring is 1. The molecule has 2 heterocycles. The quantitative estimate of drug-likeness (QED) is 0.0258. The lowest BCUT2D eigenvalue weighted by Gasteiger charge is -2.19. The number of fused-ring (bicyclic) bond motifs is 1. The van der Waals surface area contributed by atoms with Crippen molar-refractivity contribution in [2.45, 2.75) is 148 Å². The Morgan fingerprint density at radius 3 is 2.03 bits per heavy atom. The standard InChI is InChI=1S/C42H69N9O6S/c1-3-5-7-8-9-10-11-12-13-14-15-16-17-18-19-20-35(53)57-26-27-58-30-33(43)39(54)47-34(29-52)40(55)46-32-23-21-31(22-24-32)28-51-38-36(48-42(51)56)37(44)49-41(50-38)45-25-6-4-2/h21-24,33-34,52H,3-20,25-30,43H2,1-2H3,(H,46,55)(H,47,54)(H,48,56)(H3,44,45,49,50)/t33-,34-/m0/s1. The number of amides is 2. The lowest BCUT2D eigenvalue weighted by atomic mass is 10.0. The van der Waals surface area contributed by atoms with Crippen LogP contribution in [-0.4, -0.2) is 90.9 Å². The molecule has 0 saturated heterocycles. The molecule has 0 radical (unpaired) electrons. The number of carbonyl (C=O) groups is 3. The van der Waals surface area contributed by atoms with Crippen LogP contribution in [0.2, 0.25) is 0 Å². The SMILES string of the molecule is CCCCCCCCCCCCCCCCCC(=O)OCCSC[C@H](N)C(=O)N[C@@H](CO)C(=O)Nc1ccc(Cn2c(O)nc3c(N)nc(NCCCC)nc32)cc1. The van der Waals surface area contributed by atoms with E-state index in [0.717, 1.165) is 37.7 Å². The summed E-state index contributed by atoms with van der Waals surface area (Å²) in [6.07, 6.45) is 21.5. The van der Waals surface area contributed by atoms with Gasteiger partial charge in [0, 0.05) is 30.2 Å². The zero-order valence-corrected chi connectivity index (χ0v) is 35.6. The number of esters is 1. The van der Waals surface area contributed by atoms with Gasteiger partial charge in [-0.2, -0.15) is 26.7 Å². The van der Waals surface area contributed by atoms with Gasteiger partial charge in [0.1, 0.15) is 12.6 Å². The molecule has 2 atom stereocenters. The van der Waals surface area contributed by atoms with E-state index in [1.54, 1.807) is 24.3 Å². The van der Waals surface area contributed by atoms with E-state index in [1.165, 1.54) is 93.4 Å². The van der Waals surface area contributed by atoms with Crippen LogP contribution in [0.5, 0.6) is 6.01 Å². The maximum absolute atomic E-state index is 12.9. The van der Waals surface area contributed by atoms with Gasteiger partial charge in [-0.3, -0.25) is 19.0 Å². The molecule has 3 rings (SSSR count). The van der Waals surface area contributed by atoms with Crippen molar-refractivity contribution in [3.05, 3.63) is 29.8 Å². The fourth-order valence-electron chi connectivity index (χ4n) is 6.40. The van der Waals surface area contributed by atoms with E-state index < -0.39 is 30.5 Å². The van der Waals surface area contributed by atoms with Gasteiger partial charge in [0.25, 0.3) is 6.01 Å². The minimum absolute atomic E-state index is 0.152. The Morgan fingerprint density at radius 2 is 1.43 bits per heavy atom. The molecule has 16 heteroatoms. The van der Waals surface area contributed by atoms with Crippen LogP contribution < -0.4 is 27.4 Å². The normalized spacial score (nSPS) is 12.3. The van der Waals surface area contributed by atoms with Gasteiger partial charge in [-0.25, -0.2) is 0 Å². The van der Waals surface area contributed by atoms with E-state index in [4.69, 9.17) is 16.2 Å². The number of aromatic hydroxyl groups is 1. The molecular weight excluding hydrogens is 759 g/mol. The molecule has 0 aliphatic carbocycles. The number of unbranched alkanes of at least 4 members (excludes halogenated alkanes) is 15. The highest BCUT2D eigenvalue weighted by Crippen LogP contribution is 2.25. The fourth-order valence-corrected chi connectivity index (χ4v) is 7.18. The second-order valence-electron chi connectivity index (χ2n) is 14.9. The fraction of sp³-hybridized carbons (Fsp3) is 0.667. The number of hydrogen-bond donors (Lipinski definition) is 7. The predicted octanol–water partition coefficient (Wildman–Crippen LogP) is 6.66. The third-order valence-corrected chi connectivity index (χ3v) is 11.0. The number of thioether (sulfide) groups is 1. The number of anilines is 3. The molecule has 15 nitrogen and oxygen atoms in total. The molecular formula is C42H69N9O6S. The van der Waals surface area contributed by atoms with Crippen molar-refractivity contribution in [3.63, 3.8) is 0 Å². The molecule has 0 bridgehead atoms. The van der Waals surface area contributed by atoms with Crippen molar-refractivity contribution in [2.75, 3.05) is 47.6 Å². The zero-order chi connectivity index (χ0) is 42.0. The van der Waals surface area contributed by atoms with Gasteiger partial charge in [0.15, 0.2) is 17.0 Å². The number of carbonyl (C=O) groups excluding carboxylic acids is 3. The van der Waals surface area contributed by atoms with Crippen molar-refractivity contribution in [1.82, 2.24) is 24.8 Å². The summed E-state index contributed by atoms with van der Waals surface area (Å²) in [4.78, 5) is 50.6. The predicted molar refractivity (Wildman–Crippen MR) is 234 cm³/mol. The third kappa shape index (κ3) is 18.2. The van der Waals surface area contributed by atoms with E-state index in [1.807, 2.05) is 0 Å². The molecule has 0 fully saturated rings. The van der Waals surface area contributed by atoms with Crippen molar-refractivity contribution < 1.29 is 29.3 Å². The molecule has 2 amide bonds. The maximum Gasteiger partial charge on any atom is 0.305 e. The van der Waals surface area contributed by atoms with E-state index in [-0.39, 0.29) is 36.7 Å². The van der Waals surface area contributed by atoms with Crippen LogP contribution in [0.4, 0.5) is 17.5 Å². The molecule has 324 valence electrons. The Labute approximate surface area is 348 Å². The first kappa shape index (κ1) is 48.2. The zero-order valence-electron chi connectivity index (χ0n) is 34.8. The Bertz CT molecular complexity index is 1640. The molecule has 2 aromatic heterocycles.